The minimum absolute atomic E-state index is 0.761. The third kappa shape index (κ3) is 2.90. The number of nitrogens with zero attached hydrogens (tertiary/aromatic N) is 1. The van der Waals surface area contributed by atoms with Gasteiger partial charge in [0, 0.05) is 11.4 Å². The van der Waals surface area contributed by atoms with Crippen LogP contribution < -0.4 is 5.73 Å². The van der Waals surface area contributed by atoms with Gasteiger partial charge in [0.25, 0.3) is 0 Å². The van der Waals surface area contributed by atoms with Crippen LogP contribution in [0.25, 0.3) is 11.0 Å². The smallest absolute Gasteiger partial charge is 0.166 e. The van der Waals surface area contributed by atoms with Gasteiger partial charge in [0.2, 0.25) is 0 Å². The van der Waals surface area contributed by atoms with Gasteiger partial charge in [-0.05, 0) is 30.2 Å². The molecule has 4 heteroatoms. The number of imidazole rings is 1. The molecule has 0 bridgehead atoms. The van der Waals surface area contributed by atoms with Crippen LogP contribution in [0, 0.1) is 0 Å². The molecule has 0 radical (unpaired) electrons. The Hall–Kier alpha value is -1.94. The van der Waals surface area contributed by atoms with Crippen molar-refractivity contribution in [2.75, 3.05) is 11.5 Å². The molecule has 3 rings (SSSR count). The summed E-state index contributed by atoms with van der Waals surface area (Å²) in [7, 11) is 0. The van der Waals surface area contributed by atoms with E-state index in [1.807, 2.05) is 24.3 Å². The van der Waals surface area contributed by atoms with E-state index in [1.165, 1.54) is 5.56 Å². The molecule has 0 aliphatic rings. The average Bonchev–Trinajstić information content (AvgIpc) is 2.82. The zero-order valence-electron chi connectivity index (χ0n) is 10.5. The molecule has 3 N–H and O–H groups in total. The Morgan fingerprint density at radius 2 is 1.95 bits per heavy atom. The van der Waals surface area contributed by atoms with Crippen molar-refractivity contribution in [3.05, 3.63) is 54.1 Å². The third-order valence-electron chi connectivity index (χ3n) is 2.96. The summed E-state index contributed by atoms with van der Waals surface area (Å²) >= 11 is 1.74. The quantitative estimate of drug-likeness (QED) is 0.563. The van der Waals surface area contributed by atoms with E-state index in [4.69, 9.17) is 5.73 Å². The molecule has 0 spiro atoms. The number of benzene rings is 2. The van der Waals surface area contributed by atoms with Crippen LogP contribution in [-0.4, -0.2) is 15.7 Å². The van der Waals surface area contributed by atoms with Gasteiger partial charge in [-0.15, -0.1) is 0 Å². The minimum Gasteiger partial charge on any atom is -0.399 e. The number of hydrogen-bond donors (Lipinski definition) is 2. The number of nitrogen functional groups attached to an aromatic ring is 1. The van der Waals surface area contributed by atoms with Gasteiger partial charge in [-0.2, -0.15) is 0 Å². The summed E-state index contributed by atoms with van der Waals surface area (Å²) in [6.45, 7) is 0. The number of nitrogens with one attached hydrogen (secondary N) is 1. The lowest BCUT2D eigenvalue weighted by molar-refractivity contribution is 1.07. The molecular weight excluding hydrogens is 254 g/mol. The van der Waals surface area contributed by atoms with E-state index < -0.39 is 0 Å². The first-order valence-corrected chi connectivity index (χ1v) is 7.22. The molecule has 1 heterocycles. The highest BCUT2D eigenvalue weighted by Crippen LogP contribution is 2.21. The summed E-state index contributed by atoms with van der Waals surface area (Å²) in [6.07, 6.45) is 1.05. The summed E-state index contributed by atoms with van der Waals surface area (Å²) in [5.74, 6) is 1.01. The van der Waals surface area contributed by atoms with Gasteiger partial charge in [-0.3, -0.25) is 0 Å². The lowest BCUT2D eigenvalue weighted by atomic mass is 10.2. The van der Waals surface area contributed by atoms with Crippen LogP contribution in [0.15, 0.2) is 53.7 Å². The van der Waals surface area contributed by atoms with E-state index in [-0.39, 0.29) is 0 Å². The van der Waals surface area contributed by atoms with Crippen LogP contribution in [0.2, 0.25) is 0 Å². The monoisotopic (exact) mass is 269 g/mol. The Bertz CT molecular complexity index is 676. The highest BCUT2D eigenvalue weighted by molar-refractivity contribution is 7.99. The Morgan fingerprint density at radius 3 is 2.79 bits per heavy atom. The van der Waals surface area contributed by atoms with Crippen molar-refractivity contribution >= 4 is 28.5 Å². The first-order valence-electron chi connectivity index (χ1n) is 6.23. The number of aromatic amines is 1. The molecule has 0 unspecified atom stereocenters. The normalized spacial score (nSPS) is 10.9. The number of thioether (sulfide) groups is 1. The second-order valence-corrected chi connectivity index (χ2v) is 5.49. The van der Waals surface area contributed by atoms with Crippen molar-refractivity contribution in [1.29, 1.82) is 0 Å². The summed E-state index contributed by atoms with van der Waals surface area (Å²) in [5.41, 5.74) is 9.84. The van der Waals surface area contributed by atoms with E-state index in [0.717, 1.165) is 34.1 Å². The Balaban J connectivity index is 1.65. The van der Waals surface area contributed by atoms with Crippen LogP contribution in [0.1, 0.15) is 5.56 Å². The summed E-state index contributed by atoms with van der Waals surface area (Å²) < 4.78 is 0. The number of rotatable bonds is 4. The Kier molecular flexibility index (Phi) is 3.42. The van der Waals surface area contributed by atoms with Gasteiger partial charge in [0.05, 0.1) is 11.0 Å². The van der Waals surface area contributed by atoms with Gasteiger partial charge in [0.15, 0.2) is 5.16 Å². The van der Waals surface area contributed by atoms with Crippen LogP contribution in [-0.2, 0) is 6.42 Å². The van der Waals surface area contributed by atoms with Crippen molar-refractivity contribution < 1.29 is 0 Å². The van der Waals surface area contributed by atoms with Gasteiger partial charge in [0.1, 0.15) is 0 Å². The average molecular weight is 269 g/mol. The molecule has 0 fully saturated rings. The molecule has 0 aliphatic heterocycles. The number of aryl methyl sites for hydroxylation is 1. The van der Waals surface area contributed by atoms with Crippen molar-refractivity contribution in [3.8, 4) is 0 Å². The second kappa shape index (κ2) is 5.36. The minimum atomic E-state index is 0.761. The van der Waals surface area contributed by atoms with Crippen molar-refractivity contribution in [3.63, 3.8) is 0 Å². The van der Waals surface area contributed by atoms with Gasteiger partial charge in [-0.1, -0.05) is 42.1 Å². The van der Waals surface area contributed by atoms with Gasteiger partial charge < -0.3 is 10.7 Å². The molecule has 19 heavy (non-hydrogen) atoms. The van der Waals surface area contributed by atoms with E-state index in [0.29, 0.717) is 0 Å². The number of aromatic nitrogens is 2. The molecule has 1 aromatic heterocycles. The first-order chi connectivity index (χ1) is 9.31. The summed E-state index contributed by atoms with van der Waals surface area (Å²) in [4.78, 5) is 7.83. The first kappa shape index (κ1) is 12.1. The second-order valence-electron chi connectivity index (χ2n) is 4.40. The topological polar surface area (TPSA) is 54.7 Å². The lowest BCUT2D eigenvalue weighted by Gasteiger charge is -1.98. The number of nitrogens with two attached hydrogens (primary N) is 1. The molecule has 2 aromatic carbocycles. The molecule has 0 aliphatic carbocycles. The lowest BCUT2D eigenvalue weighted by Crippen LogP contribution is -1.88. The predicted octanol–water partition coefficient (Wildman–Crippen LogP) is 3.48. The summed E-state index contributed by atoms with van der Waals surface area (Å²) in [6, 6.07) is 16.2. The molecule has 0 saturated carbocycles. The van der Waals surface area contributed by atoms with Gasteiger partial charge in [-0.25, -0.2) is 4.98 Å². The van der Waals surface area contributed by atoms with Crippen molar-refractivity contribution in [1.82, 2.24) is 9.97 Å². The van der Waals surface area contributed by atoms with Crippen LogP contribution in [0.4, 0.5) is 5.69 Å². The number of hydrogen-bond acceptors (Lipinski definition) is 3. The molecule has 3 nitrogen and oxygen atoms in total. The molecule has 0 saturated heterocycles. The van der Waals surface area contributed by atoms with E-state index in [9.17, 15) is 0 Å². The molecular formula is C15H15N3S. The number of anilines is 1. The fraction of sp³-hybridized carbons (Fsp3) is 0.133. The van der Waals surface area contributed by atoms with Crippen molar-refractivity contribution in [2.24, 2.45) is 0 Å². The van der Waals surface area contributed by atoms with Crippen LogP contribution in [0.3, 0.4) is 0 Å². The van der Waals surface area contributed by atoms with E-state index >= 15 is 0 Å². The molecule has 3 aromatic rings. The highest BCUT2D eigenvalue weighted by Gasteiger charge is 2.03. The Labute approximate surface area is 116 Å². The number of H-pyrrole nitrogens is 1. The van der Waals surface area contributed by atoms with Gasteiger partial charge >= 0.3 is 0 Å². The SMILES string of the molecule is Nc1ccc2nc(SCCc3ccccc3)[nH]c2c1. The van der Waals surface area contributed by atoms with Crippen molar-refractivity contribution in [2.45, 2.75) is 11.6 Å². The highest BCUT2D eigenvalue weighted by atomic mass is 32.2. The van der Waals surface area contributed by atoms with Crippen LogP contribution >= 0.6 is 11.8 Å². The molecule has 0 amide bonds. The fourth-order valence-corrected chi connectivity index (χ4v) is 2.86. The summed E-state index contributed by atoms with van der Waals surface area (Å²) in [5, 5.41) is 0.955. The third-order valence-corrected chi connectivity index (χ3v) is 3.83. The number of fused-ring (bicyclic) bond motifs is 1. The van der Waals surface area contributed by atoms with Crippen LogP contribution in [0.5, 0.6) is 0 Å². The largest absolute Gasteiger partial charge is 0.399 e. The standard InChI is InChI=1S/C15H15N3S/c16-12-6-7-13-14(10-12)18-15(17-13)19-9-8-11-4-2-1-3-5-11/h1-7,10H,8-9,16H2,(H,17,18). The Morgan fingerprint density at radius 1 is 1.11 bits per heavy atom. The maximum absolute atomic E-state index is 5.75. The maximum Gasteiger partial charge on any atom is 0.166 e. The fourth-order valence-electron chi connectivity index (χ4n) is 1.98. The maximum atomic E-state index is 5.75. The zero-order valence-corrected chi connectivity index (χ0v) is 11.3. The molecule has 0 atom stereocenters. The zero-order chi connectivity index (χ0) is 13.1. The van der Waals surface area contributed by atoms with E-state index in [2.05, 4.69) is 34.2 Å². The van der Waals surface area contributed by atoms with E-state index in [1.54, 1.807) is 11.8 Å². The predicted molar refractivity (Wildman–Crippen MR) is 81.4 cm³/mol. The molecule has 96 valence electrons.